The van der Waals surface area contributed by atoms with Gasteiger partial charge in [-0.3, -0.25) is 4.79 Å². The van der Waals surface area contributed by atoms with Gasteiger partial charge in [0.1, 0.15) is 11.4 Å². The summed E-state index contributed by atoms with van der Waals surface area (Å²) in [6.45, 7) is 3.70. The predicted molar refractivity (Wildman–Crippen MR) is 142 cm³/mol. The fraction of sp³-hybridized carbons (Fsp3) is 0.448. The van der Waals surface area contributed by atoms with Gasteiger partial charge < -0.3 is 19.5 Å². The molecule has 1 N–H and O–H groups in total. The summed E-state index contributed by atoms with van der Waals surface area (Å²) in [6.07, 6.45) is -12.7. The van der Waals surface area contributed by atoms with Crippen LogP contribution >= 0.6 is 0 Å². The molecule has 46 heavy (non-hydrogen) atoms. The van der Waals surface area contributed by atoms with Crippen molar-refractivity contribution in [1.29, 1.82) is 0 Å². The molecule has 2 heterocycles. The van der Waals surface area contributed by atoms with Crippen molar-refractivity contribution in [1.82, 2.24) is 25.0 Å². The van der Waals surface area contributed by atoms with Crippen LogP contribution in [0.5, 0.6) is 0 Å². The molecule has 3 aromatic rings. The van der Waals surface area contributed by atoms with Crippen LogP contribution < -0.4 is 5.32 Å². The molecule has 8 nitrogen and oxygen atoms in total. The maximum Gasteiger partial charge on any atom is 0.451 e. The second-order valence-electron chi connectivity index (χ2n) is 11.6. The number of benzene rings is 2. The van der Waals surface area contributed by atoms with E-state index in [2.05, 4.69) is 15.5 Å². The molecule has 4 rings (SSSR count). The molecule has 0 radical (unpaired) electrons. The highest BCUT2D eigenvalue weighted by molar-refractivity contribution is 5.78. The van der Waals surface area contributed by atoms with E-state index in [-0.39, 0.29) is 11.6 Å². The molecule has 2 aromatic carbocycles. The molecule has 2 amide bonds. The number of nitrogens with zero attached hydrogens (tertiary/aromatic N) is 4. The van der Waals surface area contributed by atoms with Crippen molar-refractivity contribution in [2.24, 2.45) is 0 Å². The third kappa shape index (κ3) is 8.09. The first-order chi connectivity index (χ1) is 21.2. The van der Waals surface area contributed by atoms with Crippen molar-refractivity contribution in [2.75, 3.05) is 6.54 Å². The predicted octanol–water partition coefficient (Wildman–Crippen LogP) is 6.39. The smallest absolute Gasteiger partial charge is 0.444 e. The molecule has 1 aliphatic rings. The van der Waals surface area contributed by atoms with Crippen LogP contribution in [0.2, 0.25) is 0 Å². The Morgan fingerprint density at radius 2 is 1.57 bits per heavy atom. The lowest BCUT2D eigenvalue weighted by Crippen LogP contribution is -2.48. The summed E-state index contributed by atoms with van der Waals surface area (Å²) in [7, 11) is 0. The summed E-state index contributed by atoms with van der Waals surface area (Å²) in [5.41, 5.74) is -2.85. The number of nitrogens with one attached hydrogen (secondary N) is 1. The molecule has 0 spiro atoms. The molecule has 0 unspecified atom stereocenters. The minimum Gasteiger partial charge on any atom is -0.444 e. The maximum absolute atomic E-state index is 14.5. The molecule has 2 atom stereocenters. The van der Waals surface area contributed by atoms with E-state index in [1.165, 1.54) is 26.8 Å². The van der Waals surface area contributed by atoms with Gasteiger partial charge in [-0.15, -0.1) is 10.2 Å². The number of carbonyl (C=O) groups excluding carboxylic acids is 2. The molecule has 0 aliphatic carbocycles. The van der Waals surface area contributed by atoms with Gasteiger partial charge in [0.2, 0.25) is 11.7 Å². The number of amides is 2. The van der Waals surface area contributed by atoms with Gasteiger partial charge in [-0.1, -0.05) is 18.2 Å². The topological polar surface area (TPSA) is 89.4 Å². The summed E-state index contributed by atoms with van der Waals surface area (Å²) >= 11 is 0. The van der Waals surface area contributed by atoms with E-state index in [0.717, 1.165) is 23.1 Å². The van der Waals surface area contributed by atoms with Gasteiger partial charge in [-0.2, -0.15) is 26.3 Å². The zero-order valence-electron chi connectivity index (χ0n) is 24.6. The van der Waals surface area contributed by atoms with Gasteiger partial charge >= 0.3 is 18.4 Å². The average molecular weight is 666 g/mol. The highest BCUT2D eigenvalue weighted by atomic mass is 19.4. The van der Waals surface area contributed by atoms with Gasteiger partial charge in [-0.25, -0.2) is 18.0 Å². The first-order valence-corrected chi connectivity index (χ1v) is 13.8. The molecular formula is C29H28F9N5O3. The summed E-state index contributed by atoms with van der Waals surface area (Å²) in [6, 6.07) is 2.33. The van der Waals surface area contributed by atoms with Crippen molar-refractivity contribution < 1.29 is 53.8 Å². The van der Waals surface area contributed by atoms with Crippen molar-refractivity contribution >= 4 is 12.0 Å². The maximum atomic E-state index is 14.5. The third-order valence-corrected chi connectivity index (χ3v) is 7.03. The number of hydrogen-bond acceptors (Lipinski definition) is 5. The molecule has 0 fully saturated rings. The highest BCUT2D eigenvalue weighted by Gasteiger charge is 2.44. The number of rotatable bonds is 7. The molecule has 1 aromatic heterocycles. The van der Waals surface area contributed by atoms with E-state index in [9.17, 15) is 49.1 Å². The lowest BCUT2D eigenvalue weighted by molar-refractivity contribution is -0.148. The van der Waals surface area contributed by atoms with Crippen molar-refractivity contribution in [3.05, 3.63) is 82.2 Å². The largest absolute Gasteiger partial charge is 0.451 e. The van der Waals surface area contributed by atoms with E-state index >= 15 is 0 Å². The van der Waals surface area contributed by atoms with Crippen LogP contribution in [0.4, 0.5) is 44.3 Å². The SMILES string of the molecule is CC(C)(C)OC(=O)N[C@@H](CC(=O)N1CCn2c(nnc2C(F)(F)F)[C@@H]1Cc1ccccc1C(F)(F)F)Cc1cc(F)c(F)cc1F. The van der Waals surface area contributed by atoms with Crippen molar-refractivity contribution in [3.8, 4) is 0 Å². The number of alkyl carbamates (subject to hydrolysis) is 1. The Morgan fingerprint density at radius 1 is 0.913 bits per heavy atom. The minimum absolute atomic E-state index is 0.279. The van der Waals surface area contributed by atoms with E-state index in [1.54, 1.807) is 0 Å². The van der Waals surface area contributed by atoms with E-state index in [0.29, 0.717) is 10.6 Å². The highest BCUT2D eigenvalue weighted by Crippen LogP contribution is 2.38. The van der Waals surface area contributed by atoms with Crippen LogP contribution in [0.1, 0.15) is 61.6 Å². The van der Waals surface area contributed by atoms with Crippen LogP contribution in [0.15, 0.2) is 36.4 Å². The van der Waals surface area contributed by atoms with Crippen LogP contribution in [0.3, 0.4) is 0 Å². The first kappa shape index (κ1) is 34.6. The molecule has 1 aliphatic heterocycles. The number of carbonyl (C=O) groups is 2. The molecule has 17 heteroatoms. The number of ether oxygens (including phenoxy) is 1. The molecule has 0 saturated heterocycles. The Hall–Kier alpha value is -4.31. The number of alkyl halides is 6. The zero-order valence-corrected chi connectivity index (χ0v) is 24.6. The third-order valence-electron chi connectivity index (χ3n) is 7.03. The standard InChI is InChI=1S/C29H28F9N5O3/c1-27(2,3)46-26(45)39-17(10-16-11-20(31)21(32)14-19(16)30)13-23(44)42-8-9-43-24(40-41-25(43)29(36,37)38)22(42)12-15-6-4-5-7-18(15)28(33,34)35/h4-7,11,14,17,22H,8-10,12-13H2,1-3H3,(H,39,45)/t17-,22+/m1/s1. The Kier molecular flexibility index (Phi) is 9.64. The number of hydrogen-bond donors (Lipinski definition) is 1. The van der Waals surface area contributed by atoms with Gasteiger partial charge in [0, 0.05) is 38.0 Å². The van der Waals surface area contributed by atoms with Gasteiger partial charge in [0.05, 0.1) is 11.6 Å². The fourth-order valence-electron chi connectivity index (χ4n) is 5.14. The van der Waals surface area contributed by atoms with E-state index in [1.807, 2.05) is 0 Å². The Labute approximate surface area is 256 Å². The van der Waals surface area contributed by atoms with Gasteiger partial charge in [0.15, 0.2) is 17.5 Å². The average Bonchev–Trinajstić information content (AvgIpc) is 3.36. The second-order valence-corrected chi connectivity index (χ2v) is 11.6. The number of aromatic nitrogens is 3. The Morgan fingerprint density at radius 3 is 2.20 bits per heavy atom. The van der Waals surface area contributed by atoms with Crippen LogP contribution in [0.25, 0.3) is 0 Å². The molecule has 0 bridgehead atoms. The summed E-state index contributed by atoms with van der Waals surface area (Å²) in [4.78, 5) is 27.4. The van der Waals surface area contributed by atoms with Crippen LogP contribution in [-0.4, -0.2) is 49.9 Å². The summed E-state index contributed by atoms with van der Waals surface area (Å²) in [5.74, 6) is -6.77. The second kappa shape index (κ2) is 12.8. The van der Waals surface area contributed by atoms with Crippen LogP contribution in [-0.2, 0) is 41.3 Å². The lowest BCUT2D eigenvalue weighted by atomic mass is 9.96. The van der Waals surface area contributed by atoms with Crippen LogP contribution in [0, 0.1) is 17.5 Å². The van der Waals surface area contributed by atoms with E-state index < -0.39 is 115 Å². The van der Waals surface area contributed by atoms with Gasteiger partial charge in [0.25, 0.3) is 0 Å². The molecular weight excluding hydrogens is 637 g/mol. The minimum atomic E-state index is -4.96. The molecule has 250 valence electrons. The first-order valence-electron chi connectivity index (χ1n) is 13.8. The zero-order chi connectivity index (χ0) is 34.2. The summed E-state index contributed by atoms with van der Waals surface area (Å²) in [5, 5.41) is 9.15. The van der Waals surface area contributed by atoms with Crippen molar-refractivity contribution in [3.63, 3.8) is 0 Å². The summed E-state index contributed by atoms with van der Waals surface area (Å²) < 4.78 is 130. The lowest BCUT2D eigenvalue weighted by Gasteiger charge is -2.37. The fourth-order valence-corrected chi connectivity index (χ4v) is 5.14. The monoisotopic (exact) mass is 665 g/mol. The number of halogens is 9. The molecule has 0 saturated carbocycles. The van der Waals surface area contributed by atoms with Gasteiger partial charge in [-0.05, 0) is 50.5 Å². The van der Waals surface area contributed by atoms with Crippen molar-refractivity contribution in [2.45, 2.75) is 76.6 Å². The Bertz CT molecular complexity index is 1600. The Balaban J connectivity index is 1.71. The quantitative estimate of drug-likeness (QED) is 0.234. The normalized spacial score (nSPS) is 16.2. The number of fused-ring (bicyclic) bond motifs is 1. The van der Waals surface area contributed by atoms with E-state index in [4.69, 9.17) is 4.74 Å².